The minimum Gasteiger partial charge on any atom is -0.465 e. The van der Waals surface area contributed by atoms with Gasteiger partial charge < -0.3 is 14.5 Å². The summed E-state index contributed by atoms with van der Waals surface area (Å²) in [6.07, 6.45) is 3.82. The highest BCUT2D eigenvalue weighted by Crippen LogP contribution is 2.37. The lowest BCUT2D eigenvalue weighted by molar-refractivity contribution is -0.152. The van der Waals surface area contributed by atoms with Crippen molar-refractivity contribution in [1.29, 1.82) is 0 Å². The van der Waals surface area contributed by atoms with Crippen LogP contribution in [0.2, 0.25) is 18.1 Å². The highest BCUT2D eigenvalue weighted by Gasteiger charge is 2.47. The smallest absolute Gasteiger partial charge is 0.326 e. The van der Waals surface area contributed by atoms with Crippen LogP contribution in [0.25, 0.3) is 0 Å². The first-order chi connectivity index (χ1) is 11.0. The van der Waals surface area contributed by atoms with E-state index in [-0.39, 0.29) is 16.9 Å². The Morgan fingerprint density at radius 3 is 2.46 bits per heavy atom. The zero-order chi connectivity index (χ0) is 18.6. The Labute approximate surface area is 149 Å². The average molecular weight is 356 g/mol. The molecule has 24 heavy (non-hydrogen) atoms. The van der Waals surface area contributed by atoms with E-state index < -0.39 is 13.9 Å². The Morgan fingerprint density at radius 2 is 2.00 bits per heavy atom. The Balaban J connectivity index is 2.75. The van der Waals surface area contributed by atoms with Crippen molar-refractivity contribution in [2.45, 2.75) is 78.1 Å². The number of carbonyl (C=O) groups is 1. The first-order valence-corrected chi connectivity index (χ1v) is 12.1. The minimum absolute atomic E-state index is 0.121. The lowest BCUT2D eigenvalue weighted by Gasteiger charge is -2.36. The van der Waals surface area contributed by atoms with Gasteiger partial charge in [-0.2, -0.15) is 0 Å². The van der Waals surface area contributed by atoms with Crippen LogP contribution in [0.15, 0.2) is 11.6 Å². The lowest BCUT2D eigenvalue weighted by Crippen LogP contribution is -2.52. The zero-order valence-electron chi connectivity index (χ0n) is 16.9. The molecule has 140 valence electrons. The molecule has 0 aromatic carbocycles. The highest BCUT2D eigenvalue weighted by molar-refractivity contribution is 6.74. The summed E-state index contributed by atoms with van der Waals surface area (Å²) in [6, 6.07) is 0. The molecule has 0 saturated carbocycles. The topological polar surface area (TPSA) is 47.6 Å². The number of carbonyl (C=O) groups excluding carboxylic acids is 1. The first kappa shape index (κ1) is 21.4. The van der Waals surface area contributed by atoms with Gasteiger partial charge in [0.05, 0.1) is 13.2 Å². The monoisotopic (exact) mass is 355 g/mol. The minimum atomic E-state index is -1.74. The molecule has 1 N–H and O–H groups in total. The van der Waals surface area contributed by atoms with Crippen molar-refractivity contribution < 1.29 is 14.0 Å². The van der Waals surface area contributed by atoms with Crippen LogP contribution < -0.4 is 5.32 Å². The van der Waals surface area contributed by atoms with Gasteiger partial charge in [0.15, 0.2) is 8.32 Å². The molecular weight excluding hydrogens is 318 g/mol. The van der Waals surface area contributed by atoms with Crippen molar-refractivity contribution in [2.75, 3.05) is 19.8 Å². The van der Waals surface area contributed by atoms with Crippen molar-refractivity contribution >= 4 is 14.3 Å². The summed E-state index contributed by atoms with van der Waals surface area (Å²) in [5.74, 6) is 0.159. The van der Waals surface area contributed by atoms with Crippen LogP contribution in [-0.4, -0.2) is 39.6 Å². The normalized spacial score (nSPS) is 25.8. The molecule has 0 amide bonds. The second-order valence-corrected chi connectivity index (χ2v) is 13.4. The molecule has 1 rings (SSSR count). The molecule has 0 aromatic rings. The van der Waals surface area contributed by atoms with Gasteiger partial charge in [0.25, 0.3) is 0 Å². The van der Waals surface area contributed by atoms with E-state index in [9.17, 15) is 4.79 Å². The van der Waals surface area contributed by atoms with Gasteiger partial charge in [-0.05, 0) is 57.3 Å². The summed E-state index contributed by atoms with van der Waals surface area (Å²) in [5.41, 5.74) is 0.609. The van der Waals surface area contributed by atoms with Crippen LogP contribution in [0, 0.1) is 5.92 Å². The molecule has 1 saturated heterocycles. The molecule has 0 radical (unpaired) electrons. The molecule has 0 unspecified atom stereocenters. The van der Waals surface area contributed by atoms with Crippen LogP contribution in [-0.2, 0) is 14.0 Å². The van der Waals surface area contributed by atoms with Crippen molar-refractivity contribution in [1.82, 2.24) is 5.32 Å². The average Bonchev–Trinajstić information content (AvgIpc) is 2.84. The summed E-state index contributed by atoms with van der Waals surface area (Å²) < 4.78 is 11.6. The molecule has 2 atom stereocenters. The Bertz CT molecular complexity index is 468. The largest absolute Gasteiger partial charge is 0.465 e. The van der Waals surface area contributed by atoms with Gasteiger partial charge in [-0.25, -0.2) is 0 Å². The van der Waals surface area contributed by atoms with Crippen LogP contribution in [0.3, 0.4) is 0 Å². The maximum absolute atomic E-state index is 12.5. The molecule has 1 fully saturated rings. The van der Waals surface area contributed by atoms with E-state index in [1.54, 1.807) is 0 Å². The molecular formula is C19H37NO3Si. The van der Waals surface area contributed by atoms with Gasteiger partial charge in [-0.1, -0.05) is 39.3 Å². The number of nitrogens with one attached hydrogen (secondary N) is 1. The maximum atomic E-state index is 12.5. The zero-order valence-corrected chi connectivity index (χ0v) is 17.9. The second kappa shape index (κ2) is 8.15. The lowest BCUT2D eigenvalue weighted by atomic mass is 9.83. The molecule has 5 heteroatoms. The molecule has 0 bridgehead atoms. The fraction of sp³-hybridized carbons (Fsp3) is 0.842. The van der Waals surface area contributed by atoms with Gasteiger partial charge in [-0.15, -0.1) is 0 Å². The second-order valence-electron chi connectivity index (χ2n) is 8.61. The summed E-state index contributed by atoms with van der Waals surface area (Å²) in [6.45, 7) is 19.3. The van der Waals surface area contributed by atoms with Crippen molar-refractivity contribution in [3.63, 3.8) is 0 Å². The first-order valence-electron chi connectivity index (χ1n) is 9.18. The Morgan fingerprint density at radius 1 is 1.38 bits per heavy atom. The number of esters is 1. The van der Waals surface area contributed by atoms with E-state index in [2.05, 4.69) is 59.1 Å². The quantitative estimate of drug-likeness (QED) is 0.421. The standard InChI is InChI=1S/C19H37NO3Si/c1-9-22-17(21)19(16(3)11-13-20-19)12-10-15(2)14-23-24(7,8)18(4,5)6/h10,16,20H,9,11-14H2,1-8H3/b15-10+/t16-,19+/m0/s1. The van der Waals surface area contributed by atoms with E-state index in [0.717, 1.165) is 13.0 Å². The number of ether oxygens (including phenoxy) is 1. The predicted molar refractivity (Wildman–Crippen MR) is 103 cm³/mol. The summed E-state index contributed by atoms with van der Waals surface area (Å²) in [7, 11) is -1.74. The molecule has 4 nitrogen and oxygen atoms in total. The molecule has 0 aromatic heterocycles. The van der Waals surface area contributed by atoms with Gasteiger partial charge in [-0.3, -0.25) is 4.79 Å². The maximum Gasteiger partial charge on any atom is 0.326 e. The molecule has 1 heterocycles. The highest BCUT2D eigenvalue weighted by atomic mass is 28.4. The third-order valence-electron chi connectivity index (χ3n) is 5.74. The van der Waals surface area contributed by atoms with Crippen molar-refractivity contribution in [3.05, 3.63) is 11.6 Å². The molecule has 0 spiro atoms. The van der Waals surface area contributed by atoms with Gasteiger partial charge in [0.2, 0.25) is 0 Å². The van der Waals surface area contributed by atoms with E-state index in [1.807, 2.05) is 6.92 Å². The van der Waals surface area contributed by atoms with Gasteiger partial charge in [0, 0.05) is 0 Å². The molecule has 1 aliphatic rings. The van der Waals surface area contributed by atoms with E-state index in [0.29, 0.717) is 19.6 Å². The van der Waals surface area contributed by atoms with Crippen molar-refractivity contribution in [3.8, 4) is 0 Å². The summed E-state index contributed by atoms with van der Waals surface area (Å²) in [5, 5.41) is 3.61. The SMILES string of the molecule is CCOC(=O)[C@]1(C/C=C(\C)CO[Si](C)(C)C(C)(C)C)NCC[C@@H]1C. The Kier molecular flexibility index (Phi) is 7.26. The van der Waals surface area contributed by atoms with Gasteiger partial charge in [0.1, 0.15) is 5.54 Å². The number of hydrogen-bond acceptors (Lipinski definition) is 4. The molecule has 0 aliphatic carbocycles. The van der Waals surface area contributed by atoms with Crippen molar-refractivity contribution in [2.24, 2.45) is 5.92 Å². The molecule has 1 aliphatic heterocycles. The van der Waals surface area contributed by atoms with Crippen LogP contribution in [0.5, 0.6) is 0 Å². The summed E-state index contributed by atoms with van der Waals surface area (Å²) >= 11 is 0. The Hall–Kier alpha value is -0.653. The summed E-state index contributed by atoms with van der Waals surface area (Å²) in [4.78, 5) is 12.5. The van der Waals surface area contributed by atoms with E-state index >= 15 is 0 Å². The van der Waals surface area contributed by atoms with Crippen LogP contribution in [0.1, 0.15) is 54.4 Å². The van der Waals surface area contributed by atoms with Crippen LogP contribution in [0.4, 0.5) is 0 Å². The fourth-order valence-electron chi connectivity index (χ4n) is 2.73. The van der Waals surface area contributed by atoms with E-state index in [1.165, 1.54) is 5.57 Å². The number of hydrogen-bond donors (Lipinski definition) is 1. The number of rotatable bonds is 7. The third kappa shape index (κ3) is 4.93. The predicted octanol–water partition coefficient (Wildman–Crippen LogP) is 4.28. The van der Waals surface area contributed by atoms with Gasteiger partial charge >= 0.3 is 5.97 Å². The van der Waals surface area contributed by atoms with E-state index in [4.69, 9.17) is 9.16 Å². The van der Waals surface area contributed by atoms with Crippen LogP contribution >= 0.6 is 0 Å². The third-order valence-corrected chi connectivity index (χ3v) is 10.2. The fourth-order valence-corrected chi connectivity index (χ4v) is 3.75.